The molecule has 0 N–H and O–H groups in total. The first-order valence-corrected chi connectivity index (χ1v) is 13.5. The SMILES string of the molecule is C#CCn1c(=NC(=O)c2ccc(S(=O)(=O)N3CCCCC3CC)cc2)sc2cc(OC)ccc21. The standard InChI is InChI=1S/C25H27N3O4S2/c1-4-15-27-22-14-11-20(32-3)17-23(22)33-25(27)26-24(29)18-9-12-21(13-10-18)34(30,31)28-16-7-6-8-19(28)5-2/h1,9-14,17,19H,5-8,15-16H2,2-3H3. The Hall–Kier alpha value is -2.93. The zero-order chi connectivity index (χ0) is 24.3. The second kappa shape index (κ2) is 10.1. The van der Waals surface area contributed by atoms with Crippen molar-refractivity contribution in [1.82, 2.24) is 8.87 Å². The van der Waals surface area contributed by atoms with Crippen LogP contribution in [0.5, 0.6) is 5.75 Å². The maximum atomic E-state index is 13.2. The highest BCUT2D eigenvalue weighted by atomic mass is 32.2. The maximum absolute atomic E-state index is 13.2. The van der Waals surface area contributed by atoms with Gasteiger partial charge in [0.2, 0.25) is 10.0 Å². The third-order valence-corrected chi connectivity index (χ3v) is 9.10. The number of terminal acetylenes is 1. The summed E-state index contributed by atoms with van der Waals surface area (Å²) < 4.78 is 36.0. The lowest BCUT2D eigenvalue weighted by Gasteiger charge is -2.34. The first kappa shape index (κ1) is 24.2. The van der Waals surface area contributed by atoms with E-state index in [1.54, 1.807) is 16.0 Å². The molecule has 1 saturated heterocycles. The van der Waals surface area contributed by atoms with Crippen LogP contribution in [0.3, 0.4) is 0 Å². The Morgan fingerprint density at radius 2 is 2.00 bits per heavy atom. The Kier molecular flexibility index (Phi) is 7.22. The van der Waals surface area contributed by atoms with Crippen molar-refractivity contribution in [2.45, 2.75) is 50.1 Å². The number of thiazole rings is 1. The van der Waals surface area contributed by atoms with Gasteiger partial charge in [0.1, 0.15) is 5.75 Å². The van der Waals surface area contributed by atoms with Gasteiger partial charge in [-0.15, -0.1) is 6.42 Å². The summed E-state index contributed by atoms with van der Waals surface area (Å²) >= 11 is 1.34. The van der Waals surface area contributed by atoms with Gasteiger partial charge in [-0.2, -0.15) is 9.30 Å². The van der Waals surface area contributed by atoms with E-state index in [1.807, 2.05) is 25.1 Å². The number of fused-ring (bicyclic) bond motifs is 1. The molecule has 2 heterocycles. The number of hydrogen-bond acceptors (Lipinski definition) is 5. The summed E-state index contributed by atoms with van der Waals surface area (Å²) in [4.78, 5) is 17.9. The molecule has 1 amide bonds. The summed E-state index contributed by atoms with van der Waals surface area (Å²) in [6, 6.07) is 11.6. The number of carbonyl (C=O) groups excluding carboxylic acids is 1. The molecule has 2 aromatic carbocycles. The number of piperidine rings is 1. The molecule has 34 heavy (non-hydrogen) atoms. The van der Waals surface area contributed by atoms with Gasteiger partial charge in [-0.3, -0.25) is 4.79 Å². The zero-order valence-corrected chi connectivity index (χ0v) is 20.9. The quantitative estimate of drug-likeness (QED) is 0.482. The summed E-state index contributed by atoms with van der Waals surface area (Å²) in [6.45, 7) is 2.81. The van der Waals surface area contributed by atoms with Crippen LogP contribution in [0.1, 0.15) is 43.0 Å². The normalized spacial score (nSPS) is 17.6. The third kappa shape index (κ3) is 4.67. The van der Waals surface area contributed by atoms with Crippen LogP contribution >= 0.6 is 11.3 Å². The molecule has 1 aliphatic heterocycles. The Morgan fingerprint density at radius 3 is 2.68 bits per heavy atom. The second-order valence-corrected chi connectivity index (χ2v) is 11.0. The Labute approximate surface area is 203 Å². The van der Waals surface area contributed by atoms with Crippen molar-refractivity contribution in [3.8, 4) is 18.1 Å². The van der Waals surface area contributed by atoms with Crippen LogP contribution in [-0.2, 0) is 16.6 Å². The van der Waals surface area contributed by atoms with Crippen LogP contribution in [0.2, 0.25) is 0 Å². The van der Waals surface area contributed by atoms with Gasteiger partial charge in [-0.05, 0) is 61.7 Å². The molecule has 0 aliphatic carbocycles. The molecule has 0 saturated carbocycles. The molecule has 3 aromatic rings. The summed E-state index contributed by atoms with van der Waals surface area (Å²) in [6.07, 6.45) is 9.11. The lowest BCUT2D eigenvalue weighted by atomic mass is 10.0. The van der Waals surface area contributed by atoms with Gasteiger partial charge in [0, 0.05) is 18.2 Å². The third-order valence-electron chi connectivity index (χ3n) is 6.09. The first-order chi connectivity index (χ1) is 16.4. The van der Waals surface area contributed by atoms with Gasteiger partial charge >= 0.3 is 0 Å². The van der Waals surface area contributed by atoms with Gasteiger partial charge in [-0.25, -0.2) is 8.42 Å². The number of sulfonamides is 1. The van der Waals surface area contributed by atoms with Crippen LogP contribution in [0.25, 0.3) is 10.2 Å². The molecule has 1 atom stereocenters. The number of hydrogen-bond donors (Lipinski definition) is 0. The summed E-state index contributed by atoms with van der Waals surface area (Å²) in [7, 11) is -2.01. The molecule has 0 radical (unpaired) electrons. The average Bonchev–Trinajstić information content (AvgIpc) is 3.20. The first-order valence-electron chi connectivity index (χ1n) is 11.2. The molecule has 1 unspecified atom stereocenters. The van der Waals surface area contributed by atoms with Gasteiger partial charge in [0.05, 0.1) is 28.8 Å². The lowest BCUT2D eigenvalue weighted by Crippen LogP contribution is -2.43. The molecule has 1 aromatic heterocycles. The Balaban J connectivity index is 1.65. The number of nitrogens with zero attached hydrogens (tertiary/aromatic N) is 3. The monoisotopic (exact) mass is 497 g/mol. The topological polar surface area (TPSA) is 81.0 Å². The van der Waals surface area contributed by atoms with E-state index in [1.165, 1.54) is 35.6 Å². The molecule has 9 heteroatoms. The molecule has 7 nitrogen and oxygen atoms in total. The van der Waals surface area contributed by atoms with Gasteiger partial charge in [-0.1, -0.05) is 30.6 Å². The van der Waals surface area contributed by atoms with E-state index in [-0.39, 0.29) is 17.5 Å². The number of benzene rings is 2. The molecule has 4 rings (SSSR count). The fourth-order valence-electron chi connectivity index (χ4n) is 4.26. The number of ether oxygens (including phenoxy) is 1. The molecular formula is C25H27N3O4S2. The van der Waals surface area contributed by atoms with Crippen LogP contribution in [0.4, 0.5) is 0 Å². The van der Waals surface area contributed by atoms with Gasteiger partial charge < -0.3 is 9.30 Å². The summed E-state index contributed by atoms with van der Waals surface area (Å²) in [5, 5.41) is 0. The van der Waals surface area contributed by atoms with E-state index in [9.17, 15) is 13.2 Å². The predicted molar refractivity (Wildman–Crippen MR) is 133 cm³/mol. The summed E-state index contributed by atoms with van der Waals surface area (Å²) in [5.74, 6) is 2.85. The highest BCUT2D eigenvalue weighted by Gasteiger charge is 2.32. The van der Waals surface area contributed by atoms with E-state index < -0.39 is 15.9 Å². The van der Waals surface area contributed by atoms with E-state index in [0.29, 0.717) is 22.7 Å². The van der Waals surface area contributed by atoms with Crippen LogP contribution in [0, 0.1) is 12.3 Å². The van der Waals surface area contributed by atoms with Crippen molar-refractivity contribution in [1.29, 1.82) is 0 Å². The molecule has 0 bridgehead atoms. The smallest absolute Gasteiger partial charge is 0.279 e. The van der Waals surface area contributed by atoms with Crippen molar-refractivity contribution in [3.63, 3.8) is 0 Å². The largest absolute Gasteiger partial charge is 0.497 e. The van der Waals surface area contributed by atoms with Gasteiger partial charge in [0.25, 0.3) is 5.91 Å². The fraction of sp³-hybridized carbons (Fsp3) is 0.360. The van der Waals surface area contributed by atoms with Crippen LogP contribution in [-0.4, -0.2) is 42.9 Å². The molecule has 1 fully saturated rings. The van der Waals surface area contributed by atoms with Gasteiger partial charge in [0.15, 0.2) is 4.80 Å². The maximum Gasteiger partial charge on any atom is 0.279 e. The number of amides is 1. The Morgan fingerprint density at radius 1 is 1.24 bits per heavy atom. The highest BCUT2D eigenvalue weighted by Crippen LogP contribution is 2.27. The number of methoxy groups -OCH3 is 1. The van der Waals surface area contributed by atoms with E-state index in [4.69, 9.17) is 11.2 Å². The fourth-order valence-corrected chi connectivity index (χ4v) is 7.09. The molecular weight excluding hydrogens is 470 g/mol. The van der Waals surface area contributed by atoms with Crippen LogP contribution < -0.4 is 9.54 Å². The summed E-state index contributed by atoms with van der Waals surface area (Å²) in [5.41, 5.74) is 1.18. The molecule has 1 aliphatic rings. The minimum atomic E-state index is -3.61. The van der Waals surface area contributed by atoms with Crippen molar-refractivity contribution in [2.24, 2.45) is 4.99 Å². The lowest BCUT2D eigenvalue weighted by molar-refractivity contribution is 0.0997. The van der Waals surface area contributed by atoms with E-state index in [2.05, 4.69) is 10.9 Å². The molecule has 178 valence electrons. The second-order valence-electron chi connectivity index (χ2n) is 8.12. The van der Waals surface area contributed by atoms with E-state index >= 15 is 0 Å². The number of rotatable bonds is 6. The average molecular weight is 498 g/mol. The minimum Gasteiger partial charge on any atom is -0.497 e. The minimum absolute atomic E-state index is 0.0215. The van der Waals surface area contributed by atoms with Crippen molar-refractivity contribution >= 4 is 37.5 Å². The highest BCUT2D eigenvalue weighted by molar-refractivity contribution is 7.89. The van der Waals surface area contributed by atoms with Crippen molar-refractivity contribution in [3.05, 3.63) is 52.8 Å². The predicted octanol–water partition coefficient (Wildman–Crippen LogP) is 4.04. The van der Waals surface area contributed by atoms with E-state index in [0.717, 1.165) is 35.9 Å². The number of aromatic nitrogens is 1. The Bertz CT molecular complexity index is 1410. The van der Waals surface area contributed by atoms with Crippen molar-refractivity contribution in [2.75, 3.05) is 13.7 Å². The van der Waals surface area contributed by atoms with Crippen LogP contribution in [0.15, 0.2) is 52.4 Å². The molecule has 0 spiro atoms. The zero-order valence-electron chi connectivity index (χ0n) is 19.2. The van der Waals surface area contributed by atoms with Crippen molar-refractivity contribution < 1.29 is 17.9 Å². The number of carbonyl (C=O) groups is 1.